The highest BCUT2D eigenvalue weighted by Gasteiger charge is 2.30. The van der Waals surface area contributed by atoms with Crippen molar-refractivity contribution in [3.63, 3.8) is 0 Å². The fourth-order valence-corrected chi connectivity index (χ4v) is 2.60. The maximum absolute atomic E-state index is 12.6. The second-order valence-corrected chi connectivity index (χ2v) is 6.37. The molecule has 5 nitrogen and oxygen atoms in total. The molecule has 0 aliphatic rings. The van der Waals surface area contributed by atoms with Crippen LogP contribution in [0.3, 0.4) is 0 Å². The summed E-state index contributed by atoms with van der Waals surface area (Å²) in [6.45, 7) is 0.334. The minimum atomic E-state index is -4.48. The van der Waals surface area contributed by atoms with Crippen LogP contribution in [0.2, 0.25) is 0 Å². The van der Waals surface area contributed by atoms with E-state index >= 15 is 0 Å². The molecule has 0 saturated heterocycles. The Morgan fingerprint density at radius 1 is 0.968 bits per heavy atom. The lowest BCUT2D eigenvalue weighted by Gasteiger charge is -2.11. The second-order valence-electron chi connectivity index (χ2n) is 6.37. The lowest BCUT2D eigenvalue weighted by molar-refractivity contribution is -0.137. The molecule has 0 bridgehead atoms. The number of ether oxygens (including phenoxy) is 2. The summed E-state index contributed by atoms with van der Waals surface area (Å²) in [5, 5.41) is 3.61. The maximum atomic E-state index is 12.6. The van der Waals surface area contributed by atoms with Gasteiger partial charge in [0.05, 0.1) is 24.5 Å². The average Bonchev–Trinajstić information content (AvgIpc) is 2.78. The van der Waals surface area contributed by atoms with Gasteiger partial charge in [0.2, 0.25) is 0 Å². The summed E-state index contributed by atoms with van der Waals surface area (Å²) < 4.78 is 48.9. The van der Waals surface area contributed by atoms with Crippen LogP contribution in [0.25, 0.3) is 0 Å². The predicted molar refractivity (Wildman–Crippen MR) is 108 cm³/mol. The Hall–Kier alpha value is -3.81. The summed E-state index contributed by atoms with van der Waals surface area (Å²) in [5.41, 5.74) is 0.652. The van der Waals surface area contributed by atoms with E-state index in [1.165, 1.54) is 13.3 Å². The van der Waals surface area contributed by atoms with Gasteiger partial charge in [-0.1, -0.05) is 35.5 Å². The second kappa shape index (κ2) is 9.80. The molecule has 8 heteroatoms. The van der Waals surface area contributed by atoms with E-state index < -0.39 is 17.7 Å². The fraction of sp³-hybridized carbons (Fsp3) is 0.130. The summed E-state index contributed by atoms with van der Waals surface area (Å²) in [7, 11) is 1.52. The Morgan fingerprint density at radius 3 is 2.32 bits per heavy atom. The Morgan fingerprint density at radius 2 is 1.68 bits per heavy atom. The minimum absolute atomic E-state index is 0.0493. The third-order valence-corrected chi connectivity index (χ3v) is 4.21. The van der Waals surface area contributed by atoms with Crippen LogP contribution in [0.5, 0.6) is 11.5 Å². The van der Waals surface area contributed by atoms with E-state index in [9.17, 15) is 18.0 Å². The Labute approximate surface area is 176 Å². The highest BCUT2D eigenvalue weighted by atomic mass is 19.4. The van der Waals surface area contributed by atoms with Crippen LogP contribution >= 0.6 is 0 Å². The van der Waals surface area contributed by atoms with Crippen molar-refractivity contribution in [2.45, 2.75) is 12.8 Å². The minimum Gasteiger partial charge on any atom is -0.493 e. The van der Waals surface area contributed by atoms with Crippen LogP contribution in [0.15, 0.2) is 78.0 Å². The Bertz CT molecular complexity index is 1050. The molecule has 0 aliphatic heterocycles. The van der Waals surface area contributed by atoms with Crippen LogP contribution in [-0.4, -0.2) is 19.3 Å². The topological polar surface area (TPSA) is 57.1 Å². The molecule has 3 aromatic rings. The summed E-state index contributed by atoms with van der Waals surface area (Å²) in [6.07, 6.45) is -3.19. The molecule has 3 rings (SSSR count). The van der Waals surface area contributed by atoms with Gasteiger partial charge in [-0.3, -0.25) is 0 Å². The molecule has 0 saturated carbocycles. The third kappa shape index (κ3) is 6.08. The average molecular weight is 429 g/mol. The number of halogens is 3. The van der Waals surface area contributed by atoms with Crippen LogP contribution in [-0.2, 0) is 17.6 Å². The highest BCUT2D eigenvalue weighted by molar-refractivity contribution is 5.90. The van der Waals surface area contributed by atoms with Gasteiger partial charge in [-0.15, -0.1) is 0 Å². The summed E-state index contributed by atoms with van der Waals surface area (Å²) in [5.74, 6) is 0.123. The van der Waals surface area contributed by atoms with Crippen molar-refractivity contribution in [3.05, 3.63) is 95.1 Å². The first-order chi connectivity index (χ1) is 14.9. The number of nitrogens with zero attached hydrogens (tertiary/aromatic N) is 1. The number of benzene rings is 3. The Kier molecular flexibility index (Phi) is 6.92. The van der Waals surface area contributed by atoms with E-state index in [2.05, 4.69) is 5.16 Å². The molecular weight excluding hydrogens is 411 g/mol. The van der Waals surface area contributed by atoms with E-state index in [4.69, 9.17) is 14.3 Å². The van der Waals surface area contributed by atoms with Gasteiger partial charge in [-0.25, -0.2) is 4.79 Å². The molecule has 0 heterocycles. The standard InChI is InChI=1S/C23H18F3NO4/c1-29-20-12-7-17(13-21(20)30-15-16-5-3-2-4-6-16)14-27-31-22(28)18-8-10-19(11-9-18)23(24,25)26/h2-14H,15H2,1H3/b27-14+. The zero-order chi connectivity index (χ0) is 22.3. The van der Waals surface area contributed by atoms with Crippen molar-refractivity contribution >= 4 is 12.2 Å². The van der Waals surface area contributed by atoms with Crippen LogP contribution in [0.1, 0.15) is 27.0 Å². The molecule has 0 aromatic heterocycles. The van der Waals surface area contributed by atoms with Crippen LogP contribution in [0, 0.1) is 0 Å². The van der Waals surface area contributed by atoms with Crippen molar-refractivity contribution in [3.8, 4) is 11.5 Å². The molecule has 160 valence electrons. The van der Waals surface area contributed by atoms with Gasteiger partial charge in [0.25, 0.3) is 0 Å². The molecule has 0 fully saturated rings. The van der Waals surface area contributed by atoms with Crippen molar-refractivity contribution in [2.75, 3.05) is 7.11 Å². The van der Waals surface area contributed by atoms with E-state index in [-0.39, 0.29) is 5.56 Å². The predicted octanol–water partition coefficient (Wildman–Crippen LogP) is 5.48. The molecule has 0 radical (unpaired) electrons. The summed E-state index contributed by atoms with van der Waals surface area (Å²) >= 11 is 0. The molecule has 0 aliphatic carbocycles. The number of oxime groups is 1. The number of methoxy groups -OCH3 is 1. The fourth-order valence-electron chi connectivity index (χ4n) is 2.60. The van der Waals surface area contributed by atoms with Gasteiger partial charge >= 0.3 is 12.1 Å². The number of hydrogen-bond acceptors (Lipinski definition) is 5. The summed E-state index contributed by atoms with van der Waals surface area (Å²) in [6, 6.07) is 18.3. The number of rotatable bonds is 7. The lowest BCUT2D eigenvalue weighted by atomic mass is 10.1. The van der Waals surface area contributed by atoms with E-state index in [0.717, 1.165) is 29.8 Å². The van der Waals surface area contributed by atoms with Crippen LogP contribution in [0.4, 0.5) is 13.2 Å². The van der Waals surface area contributed by atoms with E-state index in [1.807, 2.05) is 30.3 Å². The molecule has 0 spiro atoms. The van der Waals surface area contributed by atoms with Gasteiger partial charge in [0, 0.05) is 5.56 Å². The van der Waals surface area contributed by atoms with Gasteiger partial charge in [-0.2, -0.15) is 13.2 Å². The smallest absolute Gasteiger partial charge is 0.416 e. The zero-order valence-corrected chi connectivity index (χ0v) is 16.4. The number of alkyl halides is 3. The highest BCUT2D eigenvalue weighted by Crippen LogP contribution is 2.30. The first-order valence-corrected chi connectivity index (χ1v) is 9.13. The quantitative estimate of drug-likeness (QED) is 0.283. The van der Waals surface area contributed by atoms with Crippen molar-refractivity contribution < 1.29 is 32.3 Å². The van der Waals surface area contributed by atoms with Gasteiger partial charge < -0.3 is 14.3 Å². The van der Waals surface area contributed by atoms with Crippen molar-refractivity contribution in [1.29, 1.82) is 0 Å². The van der Waals surface area contributed by atoms with Gasteiger partial charge in [0.1, 0.15) is 6.61 Å². The van der Waals surface area contributed by atoms with E-state index in [0.29, 0.717) is 23.7 Å². The third-order valence-electron chi connectivity index (χ3n) is 4.21. The first kappa shape index (κ1) is 21.9. The SMILES string of the molecule is COc1ccc(/C=N/OC(=O)c2ccc(C(F)(F)F)cc2)cc1OCc1ccccc1. The molecule has 0 amide bonds. The molecule has 0 unspecified atom stereocenters. The van der Waals surface area contributed by atoms with Crippen molar-refractivity contribution in [2.24, 2.45) is 5.16 Å². The maximum Gasteiger partial charge on any atom is 0.416 e. The van der Waals surface area contributed by atoms with Crippen molar-refractivity contribution in [1.82, 2.24) is 0 Å². The number of hydrogen-bond donors (Lipinski definition) is 0. The number of carbonyl (C=O) groups excluding carboxylic acids is 1. The largest absolute Gasteiger partial charge is 0.493 e. The monoisotopic (exact) mass is 429 g/mol. The Balaban J connectivity index is 1.64. The zero-order valence-electron chi connectivity index (χ0n) is 16.4. The molecular formula is C23H18F3NO4. The summed E-state index contributed by atoms with van der Waals surface area (Å²) in [4.78, 5) is 16.7. The number of carbonyl (C=O) groups is 1. The van der Waals surface area contributed by atoms with Crippen LogP contribution < -0.4 is 9.47 Å². The van der Waals surface area contributed by atoms with E-state index in [1.54, 1.807) is 18.2 Å². The lowest BCUT2D eigenvalue weighted by Crippen LogP contribution is -2.06. The molecule has 3 aromatic carbocycles. The van der Waals surface area contributed by atoms with Gasteiger partial charge in [-0.05, 0) is 48.0 Å². The molecule has 31 heavy (non-hydrogen) atoms. The molecule has 0 atom stereocenters. The molecule has 0 N–H and O–H groups in total. The first-order valence-electron chi connectivity index (χ1n) is 9.13. The normalized spacial score (nSPS) is 11.4. The van der Waals surface area contributed by atoms with Gasteiger partial charge in [0.15, 0.2) is 11.5 Å².